The molecule has 1 aliphatic rings. The maximum Gasteiger partial charge on any atom is 0.157 e. The van der Waals surface area contributed by atoms with Crippen LogP contribution >= 0.6 is 11.6 Å². The molecule has 0 spiro atoms. The van der Waals surface area contributed by atoms with Gasteiger partial charge >= 0.3 is 0 Å². The summed E-state index contributed by atoms with van der Waals surface area (Å²) >= 11 is 5.89. The number of hydrogen-bond donors (Lipinski definition) is 3. The third-order valence-electron chi connectivity index (χ3n) is 4.25. The van der Waals surface area contributed by atoms with E-state index in [1.165, 1.54) is 6.33 Å². The normalized spacial score (nSPS) is 23.8. The summed E-state index contributed by atoms with van der Waals surface area (Å²) in [5.41, 5.74) is 7.29. The summed E-state index contributed by atoms with van der Waals surface area (Å²) in [5, 5.41) is 13.8. The molecular formula is C17H21ClN4O2. The molecule has 4 N–H and O–H groups in total. The Morgan fingerprint density at radius 1 is 1.25 bits per heavy atom. The van der Waals surface area contributed by atoms with Gasteiger partial charge in [-0.1, -0.05) is 41.9 Å². The number of benzene rings is 1. The molecule has 3 atom stereocenters. The Hall–Kier alpha value is -1.89. The number of nitrogens with one attached hydrogen (secondary N) is 1. The summed E-state index contributed by atoms with van der Waals surface area (Å²) in [5.74, 6) is 0.461. The highest BCUT2D eigenvalue weighted by atomic mass is 35.5. The van der Waals surface area contributed by atoms with Gasteiger partial charge in [0.05, 0.1) is 24.9 Å². The van der Waals surface area contributed by atoms with Gasteiger partial charge in [0.2, 0.25) is 0 Å². The molecule has 6 nitrogen and oxygen atoms in total. The first kappa shape index (κ1) is 17.0. The van der Waals surface area contributed by atoms with E-state index in [0.29, 0.717) is 24.5 Å². The molecule has 1 aromatic carbocycles. The van der Waals surface area contributed by atoms with Crippen LogP contribution in [-0.4, -0.2) is 33.3 Å². The fourth-order valence-corrected chi connectivity index (χ4v) is 3.02. The zero-order valence-corrected chi connectivity index (χ0v) is 14.0. The Morgan fingerprint density at radius 3 is 2.79 bits per heavy atom. The van der Waals surface area contributed by atoms with E-state index in [4.69, 9.17) is 22.1 Å². The van der Waals surface area contributed by atoms with E-state index in [-0.39, 0.29) is 17.3 Å². The summed E-state index contributed by atoms with van der Waals surface area (Å²) in [4.78, 5) is 7.91. The van der Waals surface area contributed by atoms with Crippen molar-refractivity contribution < 1.29 is 9.84 Å². The van der Waals surface area contributed by atoms with Crippen molar-refractivity contribution in [3.63, 3.8) is 0 Å². The first-order valence-electron chi connectivity index (χ1n) is 7.99. The van der Waals surface area contributed by atoms with Crippen LogP contribution < -0.4 is 11.1 Å². The maximum absolute atomic E-state index is 10.4. The summed E-state index contributed by atoms with van der Waals surface area (Å²) in [7, 11) is 0. The monoisotopic (exact) mass is 348 g/mol. The van der Waals surface area contributed by atoms with Crippen LogP contribution in [0.25, 0.3) is 0 Å². The van der Waals surface area contributed by atoms with E-state index in [1.54, 1.807) is 0 Å². The van der Waals surface area contributed by atoms with Gasteiger partial charge in [-0.3, -0.25) is 0 Å². The van der Waals surface area contributed by atoms with Gasteiger partial charge in [-0.05, 0) is 18.4 Å². The molecule has 3 rings (SSSR count). The second-order valence-corrected chi connectivity index (χ2v) is 6.33. The Bertz CT molecular complexity index is 671. The molecular weight excluding hydrogens is 328 g/mol. The number of aliphatic hydroxyl groups is 1. The van der Waals surface area contributed by atoms with Crippen molar-refractivity contribution in [1.29, 1.82) is 0 Å². The minimum absolute atomic E-state index is 0.0459. The fraction of sp³-hybridized carbons (Fsp3) is 0.412. The molecule has 0 radical (unpaired) electrons. The van der Waals surface area contributed by atoms with Gasteiger partial charge in [-0.15, -0.1) is 0 Å². The molecule has 24 heavy (non-hydrogen) atoms. The summed E-state index contributed by atoms with van der Waals surface area (Å²) in [6, 6.07) is 9.90. The third-order valence-corrected chi connectivity index (χ3v) is 4.56. The van der Waals surface area contributed by atoms with Crippen LogP contribution in [0.2, 0.25) is 5.15 Å². The highest BCUT2D eigenvalue weighted by Gasteiger charge is 2.30. The minimum Gasteiger partial charge on any atom is -0.393 e. The molecule has 0 amide bonds. The number of nitrogen functional groups attached to an aromatic ring is 1. The number of rotatable bonds is 5. The largest absolute Gasteiger partial charge is 0.393 e. The van der Waals surface area contributed by atoms with E-state index in [9.17, 15) is 5.11 Å². The van der Waals surface area contributed by atoms with E-state index in [2.05, 4.69) is 15.3 Å². The number of nitrogens with zero attached hydrogens (tertiary/aromatic N) is 2. The zero-order valence-electron chi connectivity index (χ0n) is 13.2. The molecule has 0 aliphatic heterocycles. The summed E-state index contributed by atoms with van der Waals surface area (Å²) in [6.45, 7) is 0.560. The lowest BCUT2D eigenvalue weighted by Gasteiger charge is -2.34. The molecule has 1 aliphatic carbocycles. The van der Waals surface area contributed by atoms with Crippen LogP contribution in [0.3, 0.4) is 0 Å². The number of ether oxygens (including phenoxy) is 1. The van der Waals surface area contributed by atoms with Gasteiger partial charge in [0.15, 0.2) is 11.0 Å². The molecule has 0 unspecified atom stereocenters. The van der Waals surface area contributed by atoms with Crippen LogP contribution in [0.5, 0.6) is 0 Å². The van der Waals surface area contributed by atoms with Crippen molar-refractivity contribution >= 4 is 23.1 Å². The SMILES string of the molecule is Nc1c(Cl)ncnc1N[C@H]1CC[C@H](OCc2ccccc2)C[C@@H]1O. The lowest BCUT2D eigenvalue weighted by Crippen LogP contribution is -2.42. The molecule has 128 valence electrons. The van der Waals surface area contributed by atoms with Crippen molar-refractivity contribution in [2.24, 2.45) is 0 Å². The average molecular weight is 349 g/mol. The smallest absolute Gasteiger partial charge is 0.157 e. The van der Waals surface area contributed by atoms with Crippen molar-refractivity contribution in [2.45, 2.75) is 44.1 Å². The first-order chi connectivity index (χ1) is 11.6. The van der Waals surface area contributed by atoms with Crippen LogP contribution in [0.1, 0.15) is 24.8 Å². The standard InChI is InChI=1S/C17H21ClN4O2/c18-16-15(19)17(21-10-20-16)22-13-7-6-12(8-14(13)23)24-9-11-4-2-1-3-5-11/h1-5,10,12-14,23H,6-9,19H2,(H,20,21,22)/t12-,13-,14-/m0/s1. The molecule has 1 fully saturated rings. The molecule has 0 saturated heterocycles. The fourth-order valence-electron chi connectivity index (χ4n) is 2.88. The molecule has 1 aromatic heterocycles. The predicted molar refractivity (Wildman–Crippen MR) is 93.7 cm³/mol. The lowest BCUT2D eigenvalue weighted by atomic mass is 9.90. The zero-order chi connectivity index (χ0) is 16.9. The number of hydrogen-bond acceptors (Lipinski definition) is 6. The van der Waals surface area contributed by atoms with E-state index < -0.39 is 6.10 Å². The quantitative estimate of drug-likeness (QED) is 0.719. The number of aromatic nitrogens is 2. The van der Waals surface area contributed by atoms with Crippen LogP contribution in [0, 0.1) is 0 Å². The Balaban J connectivity index is 1.52. The van der Waals surface area contributed by atoms with E-state index >= 15 is 0 Å². The van der Waals surface area contributed by atoms with Gasteiger partial charge in [0, 0.05) is 6.42 Å². The Labute approximate surface area is 146 Å². The highest BCUT2D eigenvalue weighted by Crippen LogP contribution is 2.28. The van der Waals surface area contributed by atoms with Crippen LogP contribution in [0.15, 0.2) is 36.7 Å². The van der Waals surface area contributed by atoms with Crippen LogP contribution in [-0.2, 0) is 11.3 Å². The maximum atomic E-state index is 10.4. The first-order valence-corrected chi connectivity index (χ1v) is 8.37. The third kappa shape index (κ3) is 4.14. The topological polar surface area (TPSA) is 93.3 Å². The highest BCUT2D eigenvalue weighted by molar-refractivity contribution is 6.32. The average Bonchev–Trinajstić information content (AvgIpc) is 2.60. The van der Waals surface area contributed by atoms with Crippen molar-refractivity contribution in [3.8, 4) is 0 Å². The van der Waals surface area contributed by atoms with Gasteiger partial charge in [-0.25, -0.2) is 9.97 Å². The number of aliphatic hydroxyl groups excluding tert-OH is 1. The van der Waals surface area contributed by atoms with Crippen molar-refractivity contribution in [3.05, 3.63) is 47.4 Å². The second-order valence-electron chi connectivity index (χ2n) is 5.98. The molecule has 7 heteroatoms. The number of nitrogens with two attached hydrogens (primary N) is 1. The van der Waals surface area contributed by atoms with E-state index in [0.717, 1.165) is 18.4 Å². The molecule has 1 saturated carbocycles. The van der Waals surface area contributed by atoms with Crippen LogP contribution in [0.4, 0.5) is 11.5 Å². The van der Waals surface area contributed by atoms with Crippen molar-refractivity contribution in [1.82, 2.24) is 9.97 Å². The minimum atomic E-state index is -0.535. The van der Waals surface area contributed by atoms with E-state index in [1.807, 2.05) is 30.3 Å². The van der Waals surface area contributed by atoms with Gasteiger partial charge in [-0.2, -0.15) is 0 Å². The Morgan fingerprint density at radius 2 is 2.04 bits per heavy atom. The second kappa shape index (κ2) is 7.79. The molecule has 2 aromatic rings. The van der Waals surface area contributed by atoms with Gasteiger partial charge < -0.3 is 20.9 Å². The number of halogens is 1. The molecule has 1 heterocycles. The Kier molecular flexibility index (Phi) is 5.50. The number of anilines is 2. The molecule has 0 bridgehead atoms. The predicted octanol–water partition coefficient (Wildman–Crippen LogP) is 2.62. The summed E-state index contributed by atoms with van der Waals surface area (Å²) < 4.78 is 5.92. The van der Waals surface area contributed by atoms with Crippen molar-refractivity contribution in [2.75, 3.05) is 11.1 Å². The van der Waals surface area contributed by atoms with Gasteiger partial charge in [0.1, 0.15) is 12.0 Å². The summed E-state index contributed by atoms with van der Waals surface area (Å²) in [6.07, 6.45) is 3.06. The lowest BCUT2D eigenvalue weighted by molar-refractivity contribution is -0.0273. The van der Waals surface area contributed by atoms with Gasteiger partial charge in [0.25, 0.3) is 0 Å².